The van der Waals surface area contributed by atoms with Gasteiger partial charge in [-0.05, 0) is 147 Å². The van der Waals surface area contributed by atoms with Crippen molar-refractivity contribution in [3.8, 4) is 27.3 Å². The minimum Gasteiger partial charge on any atom is -0.391 e. The van der Waals surface area contributed by atoms with Gasteiger partial charge in [-0.15, -0.1) is 11.3 Å². The number of hydrogen-bond donors (Lipinski definition) is 3. The first-order valence-electron chi connectivity index (χ1n) is 24.4. The van der Waals surface area contributed by atoms with Crippen LogP contribution in [0.25, 0.3) is 27.3 Å². The van der Waals surface area contributed by atoms with Gasteiger partial charge < -0.3 is 34.6 Å². The summed E-state index contributed by atoms with van der Waals surface area (Å²) in [4.78, 5) is 57.7. The van der Waals surface area contributed by atoms with E-state index in [1.54, 1.807) is 23.9 Å². The second kappa shape index (κ2) is 21.8. The Labute approximate surface area is 424 Å². The molecular weight excluding hydrogens is 967 g/mol. The highest BCUT2D eigenvalue weighted by molar-refractivity contribution is 9.10. The Morgan fingerprint density at radius 2 is 1.71 bits per heavy atom. The minimum atomic E-state index is -0.891. The normalized spacial score (nSPS) is 17.7. The predicted molar refractivity (Wildman–Crippen MR) is 279 cm³/mol. The van der Waals surface area contributed by atoms with E-state index >= 15 is 0 Å². The summed E-state index contributed by atoms with van der Waals surface area (Å²) in [5.74, 6) is 0.375. The third-order valence-corrected chi connectivity index (χ3v) is 15.6. The summed E-state index contributed by atoms with van der Waals surface area (Å²) >= 11 is 5.44. The number of piperidine rings is 1. The van der Waals surface area contributed by atoms with Gasteiger partial charge in [-0.1, -0.05) is 62.3 Å². The number of rotatable bonds is 16. The molecule has 0 spiro atoms. The quantitative estimate of drug-likeness (QED) is 0.0852. The second-order valence-electron chi connectivity index (χ2n) is 20.2. The molecule has 5 heterocycles. The zero-order valence-electron chi connectivity index (χ0n) is 41.5. The van der Waals surface area contributed by atoms with Crippen molar-refractivity contribution in [2.45, 2.75) is 112 Å². The van der Waals surface area contributed by atoms with Crippen molar-refractivity contribution < 1.29 is 24.0 Å². The van der Waals surface area contributed by atoms with Crippen molar-refractivity contribution in [1.29, 1.82) is 0 Å². The Morgan fingerprint density at radius 1 is 0.971 bits per heavy atom. The van der Waals surface area contributed by atoms with Crippen LogP contribution >= 0.6 is 27.3 Å². The van der Waals surface area contributed by atoms with Crippen molar-refractivity contribution in [3.05, 3.63) is 118 Å². The van der Waals surface area contributed by atoms with Crippen LogP contribution in [-0.4, -0.2) is 103 Å². The maximum Gasteiger partial charge on any atom is 0.246 e. The topological polar surface area (TPSA) is 162 Å². The number of anilines is 2. The van der Waals surface area contributed by atoms with Gasteiger partial charge in [0.15, 0.2) is 0 Å². The van der Waals surface area contributed by atoms with Crippen LogP contribution in [0, 0.1) is 39.0 Å². The second-order valence-corrected chi connectivity index (χ2v) is 21.9. The Bertz CT molecular complexity index is 2760. The van der Waals surface area contributed by atoms with E-state index in [0.717, 1.165) is 111 Å². The van der Waals surface area contributed by atoms with Crippen LogP contribution in [-0.2, 0) is 14.4 Å². The third-order valence-electron chi connectivity index (χ3n) is 14.0. The van der Waals surface area contributed by atoms with Crippen molar-refractivity contribution in [2.75, 3.05) is 37.6 Å². The third kappa shape index (κ3) is 11.6. The number of nitrogens with one attached hydrogen (secondary N) is 2. The highest BCUT2D eigenvalue weighted by Crippen LogP contribution is 2.38. The van der Waals surface area contributed by atoms with Crippen LogP contribution < -0.4 is 15.5 Å². The number of hydrogen-bond acceptors (Lipinski definition) is 11. The highest BCUT2D eigenvalue weighted by Gasteiger charge is 2.45. The average Bonchev–Trinajstić information content (AvgIpc) is 4.16. The molecular formula is C54H66BrN9O5S. The molecule has 0 saturated carbocycles. The Hall–Kier alpha value is -5.68. The Balaban J connectivity index is 0.864. The maximum atomic E-state index is 14.4. The zero-order chi connectivity index (χ0) is 49.9. The Morgan fingerprint density at radius 3 is 2.36 bits per heavy atom. The standard InChI is InChI=1S/C54H66BrN9O5S/c1-33-11-12-41(49-35(3)60-69-37(49)5)26-46(33)63(42-17-18-45(44(55)27-42)62-25-21-56-31-62)22-9-10-38-19-23-61(24-20-38)30-48(66)59-51(54(6,7)8)53(68)64-29-43(65)28-47(64)52(67)58-34(2)39-13-15-40(16-14-39)50-36(4)57-32-70-50/h11-18,21,25-27,31-32,34,38,43,47,51,65H,9-10,19-20,22-24,28-30H2,1-8H3,(H,58,67)(H,59,66)/t34-,43+,47-,51+/m0/s1. The molecule has 16 heteroatoms. The number of thiazole rings is 1. The van der Waals surface area contributed by atoms with E-state index in [0.29, 0.717) is 5.92 Å². The molecule has 0 radical (unpaired) electrons. The fourth-order valence-electron chi connectivity index (χ4n) is 10.0. The summed E-state index contributed by atoms with van der Waals surface area (Å²) in [5, 5.41) is 21.2. The summed E-state index contributed by atoms with van der Waals surface area (Å²) in [5.41, 5.74) is 11.5. The number of β-amino-alcohol motifs (C(OH)–C–C–N with tert-alkyl or cyclic N) is 1. The fourth-order valence-corrected chi connectivity index (χ4v) is 11.4. The molecule has 3 amide bonds. The zero-order valence-corrected chi connectivity index (χ0v) is 43.9. The highest BCUT2D eigenvalue weighted by atomic mass is 79.9. The van der Waals surface area contributed by atoms with E-state index in [4.69, 9.17) is 4.52 Å². The molecule has 8 rings (SSSR count). The number of aryl methyl sites for hydroxylation is 4. The molecule has 2 fully saturated rings. The number of halogens is 1. The lowest BCUT2D eigenvalue weighted by Gasteiger charge is -2.36. The average molecular weight is 1030 g/mol. The lowest BCUT2D eigenvalue weighted by molar-refractivity contribution is -0.144. The van der Waals surface area contributed by atoms with Gasteiger partial charge >= 0.3 is 0 Å². The number of aromatic nitrogens is 4. The molecule has 2 aliphatic rings. The SMILES string of the molecule is Cc1ccc(-c2c(C)noc2C)cc1N(CCCC1CCN(CC(=O)N[C@H](C(=O)N2C[C@H](O)C[C@H]2C(=O)N[C@@H](C)c2ccc(-c3scnc3C)cc2)C(C)(C)C)CC1)c1ccc(-n2ccnc2)c(Br)c1. The lowest BCUT2D eigenvalue weighted by atomic mass is 9.85. The Kier molecular flexibility index (Phi) is 15.8. The van der Waals surface area contributed by atoms with Gasteiger partial charge in [0.05, 0.1) is 52.5 Å². The first-order valence-corrected chi connectivity index (χ1v) is 26.0. The van der Waals surface area contributed by atoms with Gasteiger partial charge in [-0.2, -0.15) is 0 Å². The fraction of sp³-hybridized carbons (Fsp3) is 0.444. The van der Waals surface area contributed by atoms with E-state index in [1.807, 2.05) is 89.0 Å². The monoisotopic (exact) mass is 1030 g/mol. The largest absolute Gasteiger partial charge is 0.391 e. The predicted octanol–water partition coefficient (Wildman–Crippen LogP) is 9.65. The van der Waals surface area contributed by atoms with Crippen molar-refractivity contribution in [1.82, 2.24) is 40.1 Å². The maximum absolute atomic E-state index is 14.4. The van der Waals surface area contributed by atoms with Gasteiger partial charge in [-0.25, -0.2) is 9.97 Å². The van der Waals surface area contributed by atoms with Gasteiger partial charge in [0.1, 0.15) is 17.8 Å². The lowest BCUT2D eigenvalue weighted by Crippen LogP contribution is -2.59. The van der Waals surface area contributed by atoms with E-state index in [-0.39, 0.29) is 43.3 Å². The molecule has 6 aromatic rings. The smallest absolute Gasteiger partial charge is 0.246 e. The number of aliphatic hydroxyl groups is 1. The molecule has 0 unspecified atom stereocenters. The van der Waals surface area contributed by atoms with Gasteiger partial charge in [0.25, 0.3) is 0 Å². The molecule has 0 aliphatic carbocycles. The molecule has 2 saturated heterocycles. The molecule has 3 aromatic carbocycles. The van der Waals surface area contributed by atoms with Crippen molar-refractivity contribution >= 4 is 56.4 Å². The molecule has 4 atom stereocenters. The number of benzene rings is 3. The molecule has 3 aromatic heterocycles. The number of nitrogens with zero attached hydrogens (tertiary/aromatic N) is 7. The summed E-state index contributed by atoms with van der Waals surface area (Å²) in [6, 6.07) is 19.0. The van der Waals surface area contributed by atoms with E-state index in [1.165, 1.54) is 10.5 Å². The van der Waals surface area contributed by atoms with E-state index in [9.17, 15) is 19.5 Å². The van der Waals surface area contributed by atoms with E-state index in [2.05, 4.69) is 94.8 Å². The molecule has 3 N–H and O–H groups in total. The summed E-state index contributed by atoms with van der Waals surface area (Å²) in [6.45, 7) is 18.3. The minimum absolute atomic E-state index is 0.0203. The van der Waals surface area contributed by atoms with Crippen molar-refractivity contribution in [2.24, 2.45) is 11.3 Å². The van der Waals surface area contributed by atoms with Crippen LogP contribution in [0.4, 0.5) is 11.4 Å². The van der Waals surface area contributed by atoms with Crippen LogP contribution in [0.15, 0.2) is 93.9 Å². The van der Waals surface area contributed by atoms with Gasteiger partial charge in [0.2, 0.25) is 17.7 Å². The van der Waals surface area contributed by atoms with Crippen LogP contribution in [0.3, 0.4) is 0 Å². The summed E-state index contributed by atoms with van der Waals surface area (Å²) in [6.07, 6.45) is 8.74. The summed E-state index contributed by atoms with van der Waals surface area (Å²) in [7, 11) is 0. The van der Waals surface area contributed by atoms with Gasteiger partial charge in [-0.3, -0.25) is 19.3 Å². The molecule has 2 aliphatic heterocycles. The number of likely N-dealkylation sites (tertiary alicyclic amines) is 2. The molecule has 370 valence electrons. The van der Waals surface area contributed by atoms with Crippen LogP contribution in [0.1, 0.15) is 94.1 Å². The van der Waals surface area contributed by atoms with Crippen LogP contribution in [0.5, 0.6) is 0 Å². The summed E-state index contributed by atoms with van der Waals surface area (Å²) < 4.78 is 8.52. The van der Waals surface area contributed by atoms with Gasteiger partial charge in [0, 0.05) is 53.3 Å². The first kappa shape index (κ1) is 50.7. The van der Waals surface area contributed by atoms with E-state index < -0.39 is 23.6 Å². The molecule has 70 heavy (non-hydrogen) atoms. The number of imidazole rings is 1. The number of carbonyl (C=O) groups excluding carboxylic acids is 3. The number of amides is 3. The number of carbonyl (C=O) groups is 3. The first-order chi connectivity index (χ1) is 33.4. The molecule has 0 bridgehead atoms. The number of aliphatic hydroxyl groups excluding tert-OH is 1. The van der Waals surface area contributed by atoms with Crippen LogP contribution in [0.2, 0.25) is 0 Å². The van der Waals surface area contributed by atoms with Crippen molar-refractivity contribution in [3.63, 3.8) is 0 Å². The molecule has 14 nitrogen and oxygen atoms in total.